The van der Waals surface area contributed by atoms with Crippen LogP contribution in [0.5, 0.6) is 0 Å². The number of hydrogen-bond donors (Lipinski definition) is 3. The van der Waals surface area contributed by atoms with E-state index in [2.05, 4.69) is 20.8 Å². The van der Waals surface area contributed by atoms with E-state index < -0.39 is 6.04 Å². The molecule has 2 aliphatic rings. The van der Waals surface area contributed by atoms with Gasteiger partial charge in [0.25, 0.3) is 5.91 Å². The van der Waals surface area contributed by atoms with Gasteiger partial charge in [-0.1, -0.05) is 18.2 Å². The first kappa shape index (κ1) is 18.4. The first-order chi connectivity index (χ1) is 14.5. The van der Waals surface area contributed by atoms with Gasteiger partial charge < -0.3 is 15.5 Å². The number of benzene rings is 2. The van der Waals surface area contributed by atoms with Crippen LogP contribution >= 0.6 is 0 Å². The van der Waals surface area contributed by atoms with Gasteiger partial charge in [0.05, 0.1) is 18.3 Å². The summed E-state index contributed by atoms with van der Waals surface area (Å²) in [5.74, 6) is -0.779. The number of H-pyrrole nitrogens is 1. The van der Waals surface area contributed by atoms with E-state index in [9.17, 15) is 14.4 Å². The molecule has 5 rings (SSSR count). The molecule has 0 spiro atoms. The van der Waals surface area contributed by atoms with Crippen LogP contribution in [0.2, 0.25) is 0 Å². The number of aromatic nitrogens is 2. The molecule has 8 heteroatoms. The minimum Gasteiger partial charge on any atom is -0.345 e. The lowest BCUT2D eigenvalue weighted by atomic mass is 10.0. The molecule has 152 valence electrons. The van der Waals surface area contributed by atoms with Crippen LogP contribution in [0.4, 0.5) is 5.69 Å². The van der Waals surface area contributed by atoms with E-state index in [4.69, 9.17) is 0 Å². The lowest BCUT2D eigenvalue weighted by molar-refractivity contribution is -0.127. The highest BCUT2D eigenvalue weighted by Crippen LogP contribution is 2.41. The van der Waals surface area contributed by atoms with Crippen LogP contribution in [0.15, 0.2) is 42.6 Å². The number of rotatable bonds is 5. The average molecular weight is 403 g/mol. The van der Waals surface area contributed by atoms with E-state index in [0.29, 0.717) is 16.8 Å². The van der Waals surface area contributed by atoms with Gasteiger partial charge in [0.2, 0.25) is 11.8 Å². The van der Waals surface area contributed by atoms with Gasteiger partial charge in [-0.25, -0.2) is 0 Å². The Morgan fingerprint density at radius 3 is 2.83 bits per heavy atom. The molecule has 1 aliphatic carbocycles. The van der Waals surface area contributed by atoms with Crippen LogP contribution < -0.4 is 10.6 Å². The monoisotopic (exact) mass is 403 g/mol. The van der Waals surface area contributed by atoms with E-state index in [-0.39, 0.29) is 30.3 Å². The molecule has 3 N–H and O–H groups in total. The van der Waals surface area contributed by atoms with E-state index in [1.165, 1.54) is 0 Å². The summed E-state index contributed by atoms with van der Waals surface area (Å²) in [5, 5.41) is 13.4. The van der Waals surface area contributed by atoms with Crippen molar-refractivity contribution in [2.75, 3.05) is 11.9 Å². The SMILES string of the molecule is Cc1cc2cn[nH]c2cc1NC(=O)CNC(=O)C1c2ccccc2C(=O)N1C1CC1. The summed E-state index contributed by atoms with van der Waals surface area (Å²) in [4.78, 5) is 39.8. The predicted octanol–water partition coefficient (Wildman–Crippen LogP) is 2.29. The lowest BCUT2D eigenvalue weighted by Crippen LogP contribution is -2.42. The Balaban J connectivity index is 1.28. The molecule has 30 heavy (non-hydrogen) atoms. The largest absolute Gasteiger partial charge is 0.345 e. The second-order valence-corrected chi connectivity index (χ2v) is 7.82. The number of nitrogens with one attached hydrogen (secondary N) is 3. The average Bonchev–Trinajstić information content (AvgIpc) is 3.40. The van der Waals surface area contributed by atoms with Gasteiger partial charge in [0.15, 0.2) is 0 Å². The van der Waals surface area contributed by atoms with Gasteiger partial charge in [-0.3, -0.25) is 19.5 Å². The second-order valence-electron chi connectivity index (χ2n) is 7.82. The molecule has 1 aliphatic heterocycles. The van der Waals surface area contributed by atoms with Crippen LogP contribution in [-0.2, 0) is 9.59 Å². The number of carbonyl (C=O) groups is 3. The molecule has 0 bridgehead atoms. The Morgan fingerprint density at radius 1 is 1.23 bits per heavy atom. The molecule has 1 aromatic heterocycles. The molecule has 1 atom stereocenters. The van der Waals surface area contributed by atoms with Gasteiger partial charge in [-0.2, -0.15) is 5.10 Å². The first-order valence-electron chi connectivity index (χ1n) is 9.96. The summed E-state index contributed by atoms with van der Waals surface area (Å²) in [6, 6.07) is 10.3. The summed E-state index contributed by atoms with van der Waals surface area (Å²) >= 11 is 0. The zero-order chi connectivity index (χ0) is 20.8. The fourth-order valence-corrected chi connectivity index (χ4v) is 4.03. The van der Waals surface area contributed by atoms with E-state index in [0.717, 1.165) is 29.3 Å². The van der Waals surface area contributed by atoms with Crippen LogP contribution in [0.1, 0.15) is 40.4 Å². The smallest absolute Gasteiger partial charge is 0.255 e. The number of fused-ring (bicyclic) bond motifs is 2. The Bertz CT molecular complexity index is 1180. The highest BCUT2D eigenvalue weighted by atomic mass is 16.2. The third-order valence-electron chi connectivity index (χ3n) is 5.67. The fraction of sp³-hybridized carbons (Fsp3) is 0.273. The third kappa shape index (κ3) is 3.10. The first-order valence-corrected chi connectivity index (χ1v) is 9.96. The number of aromatic amines is 1. The van der Waals surface area contributed by atoms with Crippen molar-refractivity contribution in [2.24, 2.45) is 0 Å². The normalized spacial score (nSPS) is 17.8. The molecule has 1 fully saturated rings. The van der Waals surface area contributed by atoms with E-state index >= 15 is 0 Å². The molecule has 3 amide bonds. The number of hydrogen-bond acceptors (Lipinski definition) is 4. The Hall–Kier alpha value is -3.68. The number of amides is 3. The Labute approximate surface area is 172 Å². The highest BCUT2D eigenvalue weighted by Gasteiger charge is 2.47. The van der Waals surface area contributed by atoms with Gasteiger partial charge in [-0.05, 0) is 49.1 Å². The Kier molecular flexibility index (Phi) is 4.27. The molecule has 1 unspecified atom stereocenters. The zero-order valence-corrected chi connectivity index (χ0v) is 16.4. The topological polar surface area (TPSA) is 107 Å². The summed E-state index contributed by atoms with van der Waals surface area (Å²) < 4.78 is 0. The van der Waals surface area contributed by atoms with Gasteiger partial charge >= 0.3 is 0 Å². The molecule has 8 nitrogen and oxygen atoms in total. The van der Waals surface area contributed by atoms with Crippen molar-refractivity contribution < 1.29 is 14.4 Å². The molecular weight excluding hydrogens is 382 g/mol. The fourth-order valence-electron chi connectivity index (χ4n) is 4.03. The summed E-state index contributed by atoms with van der Waals surface area (Å²) in [7, 11) is 0. The number of aryl methyl sites for hydroxylation is 1. The van der Waals surface area contributed by atoms with Crippen LogP contribution in [-0.4, -0.2) is 45.4 Å². The second kappa shape index (κ2) is 6.98. The van der Waals surface area contributed by atoms with Gasteiger partial charge in [-0.15, -0.1) is 0 Å². The maximum atomic E-state index is 13.0. The van der Waals surface area contributed by atoms with Crippen molar-refractivity contribution >= 4 is 34.3 Å². The molecule has 3 aromatic rings. The van der Waals surface area contributed by atoms with Crippen molar-refractivity contribution in [2.45, 2.75) is 31.8 Å². The minimum atomic E-state index is -0.683. The van der Waals surface area contributed by atoms with Crippen LogP contribution in [0.25, 0.3) is 10.9 Å². The quantitative estimate of drug-likeness (QED) is 0.607. The zero-order valence-electron chi connectivity index (χ0n) is 16.4. The lowest BCUT2D eigenvalue weighted by Gasteiger charge is -2.24. The van der Waals surface area contributed by atoms with E-state index in [1.54, 1.807) is 23.2 Å². The van der Waals surface area contributed by atoms with Crippen LogP contribution in [0, 0.1) is 6.92 Å². The molecule has 0 saturated heterocycles. The van der Waals surface area contributed by atoms with Crippen molar-refractivity contribution in [3.63, 3.8) is 0 Å². The van der Waals surface area contributed by atoms with Gasteiger partial charge in [0, 0.05) is 22.7 Å². The maximum Gasteiger partial charge on any atom is 0.255 e. The molecule has 2 heterocycles. The molecule has 2 aromatic carbocycles. The number of anilines is 1. The van der Waals surface area contributed by atoms with Crippen molar-refractivity contribution in [1.29, 1.82) is 0 Å². The molecule has 1 saturated carbocycles. The Morgan fingerprint density at radius 2 is 2.03 bits per heavy atom. The highest BCUT2D eigenvalue weighted by molar-refractivity contribution is 6.06. The third-order valence-corrected chi connectivity index (χ3v) is 5.67. The standard InChI is InChI=1S/C22H21N5O3/c1-12-8-13-10-24-26-18(13)9-17(12)25-19(28)11-23-21(29)20-15-4-2-3-5-16(15)22(30)27(20)14-6-7-14/h2-5,8-10,14,20H,6-7,11H2,1H3,(H,23,29)(H,24,26)(H,25,28). The van der Waals surface area contributed by atoms with Crippen molar-refractivity contribution in [1.82, 2.24) is 20.4 Å². The summed E-state index contributed by atoms with van der Waals surface area (Å²) in [6.07, 6.45) is 3.53. The number of carbonyl (C=O) groups excluding carboxylic acids is 3. The summed E-state index contributed by atoms with van der Waals surface area (Å²) in [5.41, 5.74) is 3.65. The molecule has 0 radical (unpaired) electrons. The molecular formula is C22H21N5O3. The van der Waals surface area contributed by atoms with Crippen molar-refractivity contribution in [3.8, 4) is 0 Å². The maximum absolute atomic E-state index is 13.0. The minimum absolute atomic E-state index is 0.0956. The van der Waals surface area contributed by atoms with Gasteiger partial charge in [0.1, 0.15) is 6.04 Å². The predicted molar refractivity (Wildman–Crippen MR) is 111 cm³/mol. The summed E-state index contributed by atoms with van der Waals surface area (Å²) in [6.45, 7) is 1.72. The van der Waals surface area contributed by atoms with Crippen LogP contribution in [0.3, 0.4) is 0 Å². The number of nitrogens with zero attached hydrogens (tertiary/aromatic N) is 2. The van der Waals surface area contributed by atoms with E-state index in [1.807, 2.05) is 31.2 Å². The van der Waals surface area contributed by atoms with Crippen molar-refractivity contribution in [3.05, 3.63) is 59.3 Å².